The van der Waals surface area contributed by atoms with Crippen molar-refractivity contribution in [2.24, 2.45) is 0 Å². The Morgan fingerprint density at radius 1 is 1.24 bits per heavy atom. The molecule has 2 aromatic rings. The van der Waals surface area contributed by atoms with E-state index in [2.05, 4.69) is 70.4 Å². The second-order valence-corrected chi connectivity index (χ2v) is 5.85. The minimum atomic E-state index is 0.972. The lowest BCUT2D eigenvalue weighted by atomic mass is 10.2. The van der Waals surface area contributed by atoms with Crippen molar-refractivity contribution in [1.82, 2.24) is 0 Å². The molecule has 0 amide bonds. The van der Waals surface area contributed by atoms with Crippen LogP contribution in [0.1, 0.15) is 17.4 Å². The van der Waals surface area contributed by atoms with Crippen LogP contribution in [0.25, 0.3) is 0 Å². The SMILES string of the molecule is CCN(Cc1sccc1Br)c1ccccc1C. The van der Waals surface area contributed by atoms with Gasteiger partial charge in [0.25, 0.3) is 0 Å². The molecule has 90 valence electrons. The topological polar surface area (TPSA) is 3.24 Å². The summed E-state index contributed by atoms with van der Waals surface area (Å²) in [6, 6.07) is 10.7. The van der Waals surface area contributed by atoms with Crippen LogP contribution in [0.5, 0.6) is 0 Å². The second-order valence-electron chi connectivity index (χ2n) is 3.99. The van der Waals surface area contributed by atoms with Gasteiger partial charge in [-0.05, 0) is 52.9 Å². The fourth-order valence-corrected chi connectivity index (χ4v) is 3.39. The Morgan fingerprint density at radius 3 is 2.59 bits per heavy atom. The van der Waals surface area contributed by atoms with E-state index in [-0.39, 0.29) is 0 Å². The lowest BCUT2D eigenvalue weighted by molar-refractivity contribution is 0.836. The number of hydrogen-bond acceptors (Lipinski definition) is 2. The second kappa shape index (κ2) is 5.69. The Kier molecular flexibility index (Phi) is 4.24. The van der Waals surface area contributed by atoms with Crippen molar-refractivity contribution >= 4 is 33.0 Å². The number of hydrogen-bond donors (Lipinski definition) is 0. The van der Waals surface area contributed by atoms with E-state index in [1.54, 1.807) is 11.3 Å². The monoisotopic (exact) mass is 309 g/mol. The van der Waals surface area contributed by atoms with Gasteiger partial charge in [-0.1, -0.05) is 18.2 Å². The summed E-state index contributed by atoms with van der Waals surface area (Å²) in [6.45, 7) is 6.37. The minimum absolute atomic E-state index is 0.972. The van der Waals surface area contributed by atoms with Gasteiger partial charge >= 0.3 is 0 Å². The van der Waals surface area contributed by atoms with Gasteiger partial charge in [0.2, 0.25) is 0 Å². The van der Waals surface area contributed by atoms with Crippen LogP contribution in [0.4, 0.5) is 5.69 Å². The van der Waals surface area contributed by atoms with Crippen molar-refractivity contribution < 1.29 is 0 Å². The molecule has 0 unspecified atom stereocenters. The average molecular weight is 310 g/mol. The molecule has 0 spiro atoms. The van der Waals surface area contributed by atoms with Gasteiger partial charge in [0.1, 0.15) is 0 Å². The van der Waals surface area contributed by atoms with Crippen molar-refractivity contribution in [2.45, 2.75) is 20.4 Å². The van der Waals surface area contributed by atoms with Crippen LogP contribution in [0.3, 0.4) is 0 Å². The summed E-state index contributed by atoms with van der Waals surface area (Å²) in [6.07, 6.45) is 0. The molecule has 0 bridgehead atoms. The van der Waals surface area contributed by atoms with E-state index in [1.807, 2.05) is 0 Å². The van der Waals surface area contributed by atoms with Gasteiger partial charge in [0.15, 0.2) is 0 Å². The molecule has 0 aliphatic rings. The van der Waals surface area contributed by atoms with E-state index in [4.69, 9.17) is 0 Å². The van der Waals surface area contributed by atoms with Crippen molar-refractivity contribution in [3.05, 3.63) is 50.6 Å². The summed E-state index contributed by atoms with van der Waals surface area (Å²) < 4.78 is 1.22. The third-order valence-electron chi connectivity index (χ3n) is 2.86. The van der Waals surface area contributed by atoms with E-state index >= 15 is 0 Å². The Bertz CT molecular complexity index is 492. The molecule has 17 heavy (non-hydrogen) atoms. The Balaban J connectivity index is 2.23. The summed E-state index contributed by atoms with van der Waals surface area (Å²) in [5, 5.41) is 2.13. The van der Waals surface area contributed by atoms with Crippen LogP contribution < -0.4 is 4.90 Å². The number of para-hydroxylation sites is 1. The fourth-order valence-electron chi connectivity index (χ4n) is 1.90. The first-order valence-electron chi connectivity index (χ1n) is 5.74. The molecule has 0 N–H and O–H groups in total. The smallest absolute Gasteiger partial charge is 0.0534 e. The largest absolute Gasteiger partial charge is 0.366 e. The molecule has 0 aliphatic heterocycles. The maximum absolute atomic E-state index is 3.60. The highest BCUT2D eigenvalue weighted by atomic mass is 79.9. The number of aryl methyl sites for hydroxylation is 1. The number of rotatable bonds is 4. The minimum Gasteiger partial charge on any atom is -0.366 e. The number of thiophene rings is 1. The molecule has 0 radical (unpaired) electrons. The molecule has 1 heterocycles. The van der Waals surface area contributed by atoms with Crippen LogP contribution in [0.2, 0.25) is 0 Å². The third-order valence-corrected chi connectivity index (χ3v) is 4.77. The Morgan fingerprint density at radius 2 is 2.00 bits per heavy atom. The first-order valence-corrected chi connectivity index (χ1v) is 7.42. The zero-order valence-corrected chi connectivity index (χ0v) is 12.5. The van der Waals surface area contributed by atoms with E-state index in [0.717, 1.165) is 13.1 Å². The third kappa shape index (κ3) is 2.90. The standard InChI is InChI=1S/C14H16BrNS/c1-3-16(10-14-12(15)8-9-17-14)13-7-5-4-6-11(13)2/h4-9H,3,10H2,1-2H3. The lowest BCUT2D eigenvalue weighted by Gasteiger charge is -2.24. The van der Waals surface area contributed by atoms with E-state index in [1.165, 1.54) is 20.6 Å². The average Bonchev–Trinajstić information content (AvgIpc) is 2.73. The summed E-state index contributed by atoms with van der Waals surface area (Å²) in [5.74, 6) is 0. The Hall–Kier alpha value is -0.800. The van der Waals surface area contributed by atoms with Gasteiger partial charge in [0.05, 0.1) is 6.54 Å². The van der Waals surface area contributed by atoms with Crippen LogP contribution in [0, 0.1) is 6.92 Å². The van der Waals surface area contributed by atoms with E-state index in [0.29, 0.717) is 0 Å². The molecular weight excluding hydrogens is 294 g/mol. The molecule has 0 atom stereocenters. The molecule has 2 rings (SSSR count). The molecular formula is C14H16BrNS. The van der Waals surface area contributed by atoms with Crippen molar-refractivity contribution in [3.8, 4) is 0 Å². The highest BCUT2D eigenvalue weighted by Gasteiger charge is 2.10. The van der Waals surface area contributed by atoms with Crippen LogP contribution in [-0.4, -0.2) is 6.54 Å². The number of benzene rings is 1. The fraction of sp³-hybridized carbons (Fsp3) is 0.286. The molecule has 0 saturated heterocycles. The summed E-state index contributed by atoms with van der Waals surface area (Å²) in [7, 11) is 0. The predicted octanol–water partition coefficient (Wildman–Crippen LogP) is 4.85. The normalized spacial score (nSPS) is 10.5. The lowest BCUT2D eigenvalue weighted by Crippen LogP contribution is -2.22. The van der Waals surface area contributed by atoms with Gasteiger partial charge in [-0.3, -0.25) is 0 Å². The quantitative estimate of drug-likeness (QED) is 0.780. The van der Waals surface area contributed by atoms with Crippen LogP contribution in [-0.2, 0) is 6.54 Å². The van der Waals surface area contributed by atoms with E-state index < -0.39 is 0 Å². The molecule has 1 nitrogen and oxygen atoms in total. The number of nitrogens with zero attached hydrogens (tertiary/aromatic N) is 1. The first-order chi connectivity index (χ1) is 8.22. The maximum atomic E-state index is 3.60. The van der Waals surface area contributed by atoms with Gasteiger partial charge in [-0.25, -0.2) is 0 Å². The highest BCUT2D eigenvalue weighted by Crippen LogP contribution is 2.27. The molecule has 0 aliphatic carbocycles. The van der Waals surface area contributed by atoms with Crippen molar-refractivity contribution in [2.75, 3.05) is 11.4 Å². The summed E-state index contributed by atoms with van der Waals surface area (Å²) in [4.78, 5) is 3.79. The molecule has 1 aromatic heterocycles. The van der Waals surface area contributed by atoms with Crippen LogP contribution >= 0.6 is 27.3 Å². The number of anilines is 1. The molecule has 3 heteroatoms. The van der Waals surface area contributed by atoms with E-state index in [9.17, 15) is 0 Å². The predicted molar refractivity (Wildman–Crippen MR) is 79.9 cm³/mol. The summed E-state index contributed by atoms with van der Waals surface area (Å²) >= 11 is 5.40. The van der Waals surface area contributed by atoms with Crippen molar-refractivity contribution in [3.63, 3.8) is 0 Å². The highest BCUT2D eigenvalue weighted by molar-refractivity contribution is 9.10. The number of halogens is 1. The molecule has 0 saturated carbocycles. The maximum Gasteiger partial charge on any atom is 0.0534 e. The van der Waals surface area contributed by atoms with Gasteiger partial charge in [-0.2, -0.15) is 0 Å². The van der Waals surface area contributed by atoms with Crippen molar-refractivity contribution in [1.29, 1.82) is 0 Å². The van der Waals surface area contributed by atoms with Crippen LogP contribution in [0.15, 0.2) is 40.2 Å². The van der Waals surface area contributed by atoms with Gasteiger partial charge < -0.3 is 4.90 Å². The summed E-state index contributed by atoms with van der Waals surface area (Å²) in [5.41, 5.74) is 2.66. The Labute approximate surface area is 115 Å². The zero-order chi connectivity index (χ0) is 12.3. The molecule has 0 fully saturated rings. The first kappa shape index (κ1) is 12.7. The van der Waals surface area contributed by atoms with Gasteiger partial charge in [0, 0.05) is 21.6 Å². The van der Waals surface area contributed by atoms with Gasteiger partial charge in [-0.15, -0.1) is 11.3 Å². The zero-order valence-electron chi connectivity index (χ0n) is 10.1. The molecule has 1 aromatic carbocycles.